The summed E-state index contributed by atoms with van der Waals surface area (Å²) in [5.41, 5.74) is 3.33. The highest BCUT2D eigenvalue weighted by atomic mass is 32.2. The molecular formula is C20H22N2O2S. The Hall–Kier alpha value is -1.95. The van der Waals surface area contributed by atoms with E-state index < -0.39 is 9.84 Å². The second-order valence-electron chi connectivity index (χ2n) is 6.71. The summed E-state index contributed by atoms with van der Waals surface area (Å²) >= 11 is 0. The Balaban J connectivity index is 1.39. The molecule has 5 heteroatoms. The van der Waals surface area contributed by atoms with Crippen LogP contribution < -0.4 is 0 Å². The van der Waals surface area contributed by atoms with E-state index in [1.165, 1.54) is 11.0 Å². The van der Waals surface area contributed by atoms with Gasteiger partial charge < -0.3 is 0 Å². The Labute approximate surface area is 149 Å². The van der Waals surface area contributed by atoms with Crippen molar-refractivity contribution < 1.29 is 8.42 Å². The highest BCUT2D eigenvalue weighted by molar-refractivity contribution is 7.94. The van der Waals surface area contributed by atoms with Crippen LogP contribution in [0.4, 0.5) is 0 Å². The first kappa shape index (κ1) is 16.5. The molecule has 0 atom stereocenters. The maximum atomic E-state index is 12.0. The highest BCUT2D eigenvalue weighted by Crippen LogP contribution is 2.30. The quantitative estimate of drug-likeness (QED) is 0.847. The predicted molar refractivity (Wildman–Crippen MR) is 99.7 cm³/mol. The van der Waals surface area contributed by atoms with Crippen molar-refractivity contribution >= 4 is 15.9 Å². The fraction of sp³-hybridized carbons (Fsp3) is 0.300. The SMILES string of the molecule is O=S1(=O)C=Cc2c(CN3CCN(Cc4ccccc4)CC3)cccc21. The van der Waals surface area contributed by atoms with Crippen LogP contribution in [-0.2, 0) is 22.9 Å². The Morgan fingerprint density at radius 1 is 0.800 bits per heavy atom. The molecular weight excluding hydrogens is 332 g/mol. The average molecular weight is 354 g/mol. The van der Waals surface area contributed by atoms with Gasteiger partial charge in [0.2, 0.25) is 0 Å². The van der Waals surface area contributed by atoms with Crippen LogP contribution >= 0.6 is 0 Å². The van der Waals surface area contributed by atoms with E-state index in [0.717, 1.165) is 50.4 Å². The monoisotopic (exact) mass is 354 g/mol. The topological polar surface area (TPSA) is 40.6 Å². The minimum Gasteiger partial charge on any atom is -0.297 e. The van der Waals surface area contributed by atoms with E-state index in [2.05, 4.69) is 34.1 Å². The summed E-state index contributed by atoms with van der Waals surface area (Å²) in [4.78, 5) is 5.34. The van der Waals surface area contributed by atoms with Crippen LogP contribution in [0.5, 0.6) is 0 Å². The van der Waals surface area contributed by atoms with Crippen molar-refractivity contribution in [3.63, 3.8) is 0 Å². The summed E-state index contributed by atoms with van der Waals surface area (Å²) in [7, 11) is -3.22. The Kier molecular flexibility index (Phi) is 4.46. The van der Waals surface area contributed by atoms with Crippen LogP contribution in [0.25, 0.3) is 6.08 Å². The van der Waals surface area contributed by atoms with Gasteiger partial charge in [-0.25, -0.2) is 8.42 Å². The van der Waals surface area contributed by atoms with Gasteiger partial charge >= 0.3 is 0 Å². The zero-order chi connectivity index (χ0) is 17.3. The zero-order valence-corrected chi connectivity index (χ0v) is 15.0. The van der Waals surface area contributed by atoms with Gasteiger partial charge in [0.25, 0.3) is 0 Å². The number of benzene rings is 2. The third-order valence-corrected chi connectivity index (χ3v) is 6.45. The lowest BCUT2D eigenvalue weighted by Crippen LogP contribution is -2.45. The molecule has 4 rings (SSSR count). The second kappa shape index (κ2) is 6.75. The minimum atomic E-state index is -3.22. The van der Waals surface area contributed by atoms with Crippen molar-refractivity contribution in [2.75, 3.05) is 26.2 Å². The summed E-state index contributed by atoms with van der Waals surface area (Å²) in [6, 6.07) is 16.2. The molecule has 1 saturated heterocycles. The molecule has 0 amide bonds. The Bertz CT molecular complexity index is 883. The number of hydrogen-bond acceptors (Lipinski definition) is 4. The van der Waals surface area contributed by atoms with Crippen LogP contribution in [0, 0.1) is 0 Å². The molecule has 0 bridgehead atoms. The minimum absolute atomic E-state index is 0.452. The van der Waals surface area contributed by atoms with Crippen molar-refractivity contribution in [2.24, 2.45) is 0 Å². The number of nitrogens with zero attached hydrogens (tertiary/aromatic N) is 2. The molecule has 130 valence electrons. The fourth-order valence-corrected chi connectivity index (χ4v) is 4.82. The van der Waals surface area contributed by atoms with Crippen LogP contribution in [0.2, 0.25) is 0 Å². The number of rotatable bonds is 4. The van der Waals surface area contributed by atoms with Crippen molar-refractivity contribution in [1.82, 2.24) is 9.80 Å². The molecule has 0 radical (unpaired) electrons. The van der Waals surface area contributed by atoms with E-state index in [9.17, 15) is 8.42 Å². The number of piperazine rings is 1. The Morgan fingerprint density at radius 2 is 1.48 bits per heavy atom. The smallest absolute Gasteiger partial charge is 0.200 e. The molecule has 0 unspecified atom stereocenters. The van der Waals surface area contributed by atoms with E-state index in [-0.39, 0.29) is 0 Å². The maximum Gasteiger partial charge on any atom is 0.200 e. The molecule has 1 fully saturated rings. The lowest BCUT2D eigenvalue weighted by Gasteiger charge is -2.35. The molecule has 2 aromatic carbocycles. The van der Waals surface area contributed by atoms with Crippen LogP contribution in [0.3, 0.4) is 0 Å². The summed E-state index contributed by atoms with van der Waals surface area (Å²) in [5.74, 6) is 0. The molecule has 0 N–H and O–H groups in total. The van der Waals surface area contributed by atoms with Gasteiger partial charge in [0.1, 0.15) is 0 Å². The van der Waals surface area contributed by atoms with Crippen LogP contribution in [0.15, 0.2) is 58.8 Å². The third kappa shape index (κ3) is 3.54. The molecule has 0 aliphatic carbocycles. The summed E-state index contributed by atoms with van der Waals surface area (Å²) in [6.45, 7) is 5.90. The second-order valence-corrected chi connectivity index (χ2v) is 8.52. The zero-order valence-electron chi connectivity index (χ0n) is 14.1. The van der Waals surface area contributed by atoms with Crippen molar-refractivity contribution in [3.8, 4) is 0 Å². The first-order valence-corrected chi connectivity index (χ1v) is 10.2. The first-order valence-electron chi connectivity index (χ1n) is 8.65. The van der Waals surface area contributed by atoms with E-state index in [1.807, 2.05) is 18.2 Å². The van der Waals surface area contributed by atoms with Gasteiger partial charge in [-0.15, -0.1) is 0 Å². The first-order chi connectivity index (χ1) is 12.1. The number of sulfone groups is 1. The highest BCUT2D eigenvalue weighted by Gasteiger charge is 2.24. The molecule has 0 saturated carbocycles. The van der Waals surface area contributed by atoms with Gasteiger partial charge in [0.05, 0.1) is 4.90 Å². The summed E-state index contributed by atoms with van der Waals surface area (Å²) < 4.78 is 24.0. The molecule has 2 aliphatic rings. The molecule has 2 aliphatic heterocycles. The van der Waals surface area contributed by atoms with Crippen LogP contribution in [0.1, 0.15) is 16.7 Å². The Morgan fingerprint density at radius 3 is 2.20 bits per heavy atom. The van der Waals surface area contributed by atoms with Gasteiger partial charge in [0, 0.05) is 44.7 Å². The lowest BCUT2D eigenvalue weighted by molar-refractivity contribution is 0.122. The average Bonchev–Trinajstić information content (AvgIpc) is 2.94. The lowest BCUT2D eigenvalue weighted by atomic mass is 10.1. The summed E-state index contributed by atoms with van der Waals surface area (Å²) in [5, 5.41) is 1.32. The molecule has 0 spiro atoms. The van der Waals surface area contributed by atoms with E-state index >= 15 is 0 Å². The number of fused-ring (bicyclic) bond motifs is 1. The maximum absolute atomic E-state index is 12.0. The van der Waals surface area contributed by atoms with E-state index in [1.54, 1.807) is 12.1 Å². The standard InChI is InChI=1S/C20H22N2O2S/c23-25(24)14-9-19-18(7-4-8-20(19)25)16-22-12-10-21(11-13-22)15-17-5-2-1-3-6-17/h1-9,14H,10-13,15-16H2. The van der Waals surface area contributed by atoms with Crippen molar-refractivity contribution in [1.29, 1.82) is 0 Å². The van der Waals surface area contributed by atoms with Crippen molar-refractivity contribution in [3.05, 3.63) is 70.6 Å². The van der Waals surface area contributed by atoms with Gasteiger partial charge in [-0.05, 0) is 28.8 Å². The molecule has 4 nitrogen and oxygen atoms in total. The van der Waals surface area contributed by atoms with Gasteiger partial charge in [-0.2, -0.15) is 0 Å². The largest absolute Gasteiger partial charge is 0.297 e. The number of hydrogen-bond donors (Lipinski definition) is 0. The fourth-order valence-electron chi connectivity index (χ4n) is 3.58. The summed E-state index contributed by atoms with van der Waals surface area (Å²) in [6.07, 6.45) is 1.74. The third-order valence-electron chi connectivity index (χ3n) is 4.98. The van der Waals surface area contributed by atoms with Gasteiger partial charge in [-0.1, -0.05) is 42.5 Å². The predicted octanol–water partition coefficient (Wildman–Crippen LogP) is 2.76. The van der Waals surface area contributed by atoms with Gasteiger partial charge in [-0.3, -0.25) is 9.80 Å². The van der Waals surface area contributed by atoms with Crippen LogP contribution in [-0.4, -0.2) is 44.4 Å². The molecule has 25 heavy (non-hydrogen) atoms. The molecule has 0 aromatic heterocycles. The molecule has 2 aromatic rings. The molecule has 2 heterocycles. The van der Waals surface area contributed by atoms with Crippen molar-refractivity contribution in [2.45, 2.75) is 18.0 Å². The van der Waals surface area contributed by atoms with Gasteiger partial charge in [0.15, 0.2) is 9.84 Å². The normalized spacial score (nSPS) is 19.8. The van der Waals surface area contributed by atoms with E-state index in [0.29, 0.717) is 4.90 Å². The van der Waals surface area contributed by atoms with E-state index in [4.69, 9.17) is 0 Å².